The lowest BCUT2D eigenvalue weighted by atomic mass is 10.1. The van der Waals surface area contributed by atoms with Crippen LogP contribution < -0.4 is 10.6 Å². The highest BCUT2D eigenvalue weighted by atomic mass is 16.6. The number of nitro benzene ring substituents is 1. The van der Waals surface area contributed by atoms with Crippen LogP contribution in [0.2, 0.25) is 0 Å². The molecule has 0 radical (unpaired) electrons. The Hall–Kier alpha value is -2.48. The molecule has 1 aromatic rings. The Kier molecular flexibility index (Phi) is 6.65. The van der Waals surface area contributed by atoms with Gasteiger partial charge in [0, 0.05) is 6.07 Å². The van der Waals surface area contributed by atoms with Gasteiger partial charge in [0.25, 0.3) is 5.69 Å². The molecule has 23 heavy (non-hydrogen) atoms. The first-order chi connectivity index (χ1) is 10.8. The third-order valence-corrected chi connectivity index (χ3v) is 3.48. The van der Waals surface area contributed by atoms with Crippen LogP contribution in [0.5, 0.6) is 0 Å². The summed E-state index contributed by atoms with van der Waals surface area (Å²) in [6.07, 6.45) is 1.07. The Morgan fingerprint density at radius 1 is 1.39 bits per heavy atom. The molecule has 0 heterocycles. The summed E-state index contributed by atoms with van der Waals surface area (Å²) < 4.78 is 0. The maximum Gasteiger partial charge on any atom is 0.320 e. The number of benzene rings is 1. The summed E-state index contributed by atoms with van der Waals surface area (Å²) in [5, 5.41) is 25.3. The fraction of sp³-hybridized carbons (Fsp3) is 0.467. The van der Waals surface area contributed by atoms with Crippen molar-refractivity contribution in [3.63, 3.8) is 0 Å². The Labute approximate surface area is 134 Å². The lowest BCUT2D eigenvalue weighted by Crippen LogP contribution is -2.47. The van der Waals surface area contributed by atoms with Gasteiger partial charge in [0.15, 0.2) is 0 Å². The van der Waals surface area contributed by atoms with E-state index in [1.807, 2.05) is 6.92 Å². The highest BCUT2D eigenvalue weighted by Gasteiger charge is 2.23. The Morgan fingerprint density at radius 3 is 2.57 bits per heavy atom. The highest BCUT2D eigenvalue weighted by molar-refractivity contribution is 5.96. The van der Waals surface area contributed by atoms with Crippen LogP contribution in [-0.2, 0) is 9.59 Å². The van der Waals surface area contributed by atoms with Gasteiger partial charge >= 0.3 is 5.97 Å². The van der Waals surface area contributed by atoms with Crippen molar-refractivity contribution in [1.29, 1.82) is 0 Å². The first-order valence-electron chi connectivity index (χ1n) is 7.31. The number of carboxylic acid groups (broad SMARTS) is 1. The summed E-state index contributed by atoms with van der Waals surface area (Å²) in [6, 6.07) is 2.84. The zero-order valence-electron chi connectivity index (χ0n) is 13.3. The number of carboxylic acids is 1. The molecule has 126 valence electrons. The van der Waals surface area contributed by atoms with Gasteiger partial charge in [-0.1, -0.05) is 19.4 Å². The van der Waals surface area contributed by atoms with Gasteiger partial charge in [0.2, 0.25) is 5.91 Å². The normalized spacial score (nSPS) is 13.2. The van der Waals surface area contributed by atoms with E-state index in [0.717, 1.165) is 0 Å². The average molecular weight is 323 g/mol. The second kappa shape index (κ2) is 8.23. The molecule has 0 saturated heterocycles. The zero-order valence-corrected chi connectivity index (χ0v) is 13.3. The molecule has 1 aromatic carbocycles. The number of nitrogens with zero attached hydrogens (tertiary/aromatic N) is 1. The first kappa shape index (κ1) is 18.6. The topological polar surface area (TPSA) is 122 Å². The van der Waals surface area contributed by atoms with Crippen LogP contribution in [0.3, 0.4) is 0 Å². The minimum absolute atomic E-state index is 0.0854. The van der Waals surface area contributed by atoms with Crippen LogP contribution in [0.1, 0.15) is 32.3 Å². The number of aliphatic carboxylic acids is 1. The van der Waals surface area contributed by atoms with Gasteiger partial charge in [0.1, 0.15) is 6.04 Å². The van der Waals surface area contributed by atoms with E-state index in [-0.39, 0.29) is 5.69 Å². The van der Waals surface area contributed by atoms with Gasteiger partial charge in [-0.2, -0.15) is 0 Å². The standard InChI is InChI=1S/C15H21N3O5/c1-4-6-12(15(20)21)16-10(3)14(19)17-11-7-5-8-13(9(11)2)18(22)23/h5,7-8,10,12,16H,4,6H2,1-3H3,(H,17,19)(H,20,21). The van der Waals surface area contributed by atoms with Crippen molar-refractivity contribution in [3.05, 3.63) is 33.9 Å². The quantitative estimate of drug-likeness (QED) is 0.497. The predicted octanol–water partition coefficient (Wildman–Crippen LogP) is 2.07. The summed E-state index contributed by atoms with van der Waals surface area (Å²) in [7, 11) is 0. The van der Waals surface area contributed by atoms with Crippen LogP contribution in [0.15, 0.2) is 18.2 Å². The zero-order chi connectivity index (χ0) is 17.6. The Morgan fingerprint density at radius 2 is 2.04 bits per heavy atom. The van der Waals surface area contributed by atoms with Crippen LogP contribution in [-0.4, -0.2) is 34.0 Å². The third kappa shape index (κ3) is 5.03. The van der Waals surface area contributed by atoms with Crippen molar-refractivity contribution >= 4 is 23.3 Å². The van der Waals surface area contributed by atoms with E-state index >= 15 is 0 Å². The molecule has 0 aliphatic carbocycles. The molecule has 0 aromatic heterocycles. The summed E-state index contributed by atoms with van der Waals surface area (Å²) >= 11 is 0. The van der Waals surface area contributed by atoms with E-state index in [1.54, 1.807) is 19.9 Å². The van der Waals surface area contributed by atoms with Crippen molar-refractivity contribution in [2.24, 2.45) is 0 Å². The average Bonchev–Trinajstić information content (AvgIpc) is 2.48. The molecular formula is C15H21N3O5. The second-order valence-corrected chi connectivity index (χ2v) is 5.26. The maximum absolute atomic E-state index is 12.2. The number of anilines is 1. The number of carbonyl (C=O) groups is 2. The SMILES string of the molecule is CCCC(NC(C)C(=O)Nc1cccc([N+](=O)[O-])c1C)C(=O)O. The number of hydrogen-bond donors (Lipinski definition) is 3. The van der Waals surface area contributed by atoms with Crippen molar-refractivity contribution in [3.8, 4) is 0 Å². The van der Waals surface area contributed by atoms with E-state index in [4.69, 9.17) is 5.11 Å². The van der Waals surface area contributed by atoms with E-state index < -0.39 is 28.9 Å². The van der Waals surface area contributed by atoms with Crippen molar-refractivity contribution in [1.82, 2.24) is 5.32 Å². The maximum atomic E-state index is 12.2. The molecule has 0 bridgehead atoms. The van der Waals surface area contributed by atoms with Gasteiger partial charge in [-0.25, -0.2) is 0 Å². The fourth-order valence-electron chi connectivity index (χ4n) is 2.14. The molecular weight excluding hydrogens is 302 g/mol. The highest BCUT2D eigenvalue weighted by Crippen LogP contribution is 2.25. The van der Waals surface area contributed by atoms with Crippen molar-refractivity contribution < 1.29 is 19.6 Å². The summed E-state index contributed by atoms with van der Waals surface area (Å²) in [5.74, 6) is -1.46. The minimum Gasteiger partial charge on any atom is -0.480 e. The van der Waals surface area contributed by atoms with Gasteiger partial charge in [0.05, 0.1) is 22.2 Å². The predicted molar refractivity (Wildman–Crippen MR) is 85.4 cm³/mol. The van der Waals surface area contributed by atoms with E-state index in [1.165, 1.54) is 12.1 Å². The molecule has 8 nitrogen and oxygen atoms in total. The monoisotopic (exact) mass is 323 g/mol. The Bertz CT molecular complexity index is 603. The minimum atomic E-state index is -1.02. The van der Waals surface area contributed by atoms with Crippen LogP contribution >= 0.6 is 0 Å². The molecule has 2 atom stereocenters. The summed E-state index contributed by atoms with van der Waals surface area (Å²) in [5.41, 5.74) is 0.597. The molecule has 0 fully saturated rings. The van der Waals surface area contributed by atoms with E-state index in [9.17, 15) is 19.7 Å². The largest absolute Gasteiger partial charge is 0.480 e. The fourth-order valence-corrected chi connectivity index (χ4v) is 2.14. The van der Waals surface area contributed by atoms with E-state index in [2.05, 4.69) is 10.6 Å². The molecule has 1 amide bonds. The number of rotatable bonds is 8. The number of amides is 1. The van der Waals surface area contributed by atoms with Crippen LogP contribution in [0, 0.1) is 17.0 Å². The molecule has 0 spiro atoms. The molecule has 2 unspecified atom stereocenters. The molecule has 8 heteroatoms. The van der Waals surface area contributed by atoms with Gasteiger partial charge in [-0.3, -0.25) is 25.0 Å². The lowest BCUT2D eigenvalue weighted by Gasteiger charge is -2.19. The van der Waals surface area contributed by atoms with Crippen molar-refractivity contribution in [2.45, 2.75) is 45.7 Å². The van der Waals surface area contributed by atoms with Gasteiger partial charge in [-0.15, -0.1) is 0 Å². The Balaban J connectivity index is 2.81. The number of nitrogens with one attached hydrogen (secondary N) is 2. The third-order valence-electron chi connectivity index (χ3n) is 3.48. The first-order valence-corrected chi connectivity index (χ1v) is 7.31. The van der Waals surface area contributed by atoms with E-state index in [0.29, 0.717) is 24.1 Å². The summed E-state index contributed by atoms with van der Waals surface area (Å²) in [4.78, 5) is 33.7. The number of hydrogen-bond acceptors (Lipinski definition) is 5. The smallest absolute Gasteiger partial charge is 0.320 e. The number of nitro groups is 1. The van der Waals surface area contributed by atoms with Crippen molar-refractivity contribution in [2.75, 3.05) is 5.32 Å². The molecule has 0 saturated carbocycles. The number of carbonyl (C=O) groups excluding carboxylic acids is 1. The van der Waals surface area contributed by atoms with Gasteiger partial charge in [-0.05, 0) is 26.3 Å². The van der Waals surface area contributed by atoms with Crippen LogP contribution in [0.4, 0.5) is 11.4 Å². The lowest BCUT2D eigenvalue weighted by molar-refractivity contribution is -0.385. The molecule has 0 aliphatic heterocycles. The second-order valence-electron chi connectivity index (χ2n) is 5.26. The molecule has 0 aliphatic rings. The molecule has 3 N–H and O–H groups in total. The molecule has 1 rings (SSSR count). The summed E-state index contributed by atoms with van der Waals surface area (Å²) in [6.45, 7) is 4.95. The van der Waals surface area contributed by atoms with Crippen LogP contribution in [0.25, 0.3) is 0 Å². The van der Waals surface area contributed by atoms with Gasteiger partial charge < -0.3 is 10.4 Å².